The molecule has 5 nitrogen and oxygen atoms in total. The Kier molecular flexibility index (Phi) is 3.26. The van der Waals surface area contributed by atoms with Gasteiger partial charge in [-0.1, -0.05) is 0 Å². The van der Waals surface area contributed by atoms with Gasteiger partial charge in [-0.15, -0.1) is 0 Å². The number of hydrogen-bond acceptors (Lipinski definition) is 4. The van der Waals surface area contributed by atoms with Crippen LogP contribution >= 0.6 is 0 Å². The fraction of sp³-hybridized carbons (Fsp3) is 0.400. The van der Waals surface area contributed by atoms with Crippen molar-refractivity contribution in [3.05, 3.63) is 24.0 Å². The van der Waals surface area contributed by atoms with E-state index in [9.17, 15) is 4.79 Å². The number of nitrogens with zero attached hydrogens (tertiary/aromatic N) is 1. The molecule has 5 heteroatoms. The smallest absolute Gasteiger partial charge is 0.253 e. The van der Waals surface area contributed by atoms with Gasteiger partial charge in [0.15, 0.2) is 0 Å². The van der Waals surface area contributed by atoms with Crippen molar-refractivity contribution in [1.29, 1.82) is 0 Å². The Bertz CT molecular complexity index is 363. The molecule has 0 spiro atoms. The molecule has 0 atom stereocenters. The molecule has 0 fully saturated rings. The zero-order valence-corrected chi connectivity index (χ0v) is 8.82. The molecule has 1 heterocycles. The van der Waals surface area contributed by atoms with Crippen LogP contribution < -0.4 is 11.1 Å². The second kappa shape index (κ2) is 4.27. The number of aromatic nitrogens is 1. The number of carbonyl (C=O) groups excluding carboxylic acids is 1. The van der Waals surface area contributed by atoms with E-state index in [4.69, 9.17) is 10.8 Å². The van der Waals surface area contributed by atoms with Gasteiger partial charge in [-0.05, 0) is 19.9 Å². The van der Waals surface area contributed by atoms with E-state index in [1.54, 1.807) is 0 Å². The molecule has 1 aromatic heterocycles. The number of nitrogens with two attached hydrogens (primary N) is 1. The average molecular weight is 209 g/mol. The third kappa shape index (κ3) is 3.21. The highest BCUT2D eigenvalue weighted by atomic mass is 16.3. The molecular weight excluding hydrogens is 194 g/mol. The molecule has 0 bridgehead atoms. The molecule has 0 saturated carbocycles. The van der Waals surface area contributed by atoms with Gasteiger partial charge in [-0.3, -0.25) is 9.78 Å². The minimum absolute atomic E-state index is 0.0341. The van der Waals surface area contributed by atoms with E-state index in [0.717, 1.165) is 0 Å². The summed E-state index contributed by atoms with van der Waals surface area (Å²) in [6.45, 7) is 3.98. The minimum Gasteiger partial charge on any atom is -0.506 e. The van der Waals surface area contributed by atoms with Crippen molar-refractivity contribution in [2.24, 2.45) is 5.73 Å². The molecule has 0 aliphatic rings. The van der Waals surface area contributed by atoms with E-state index in [1.165, 1.54) is 18.5 Å². The van der Waals surface area contributed by atoms with Gasteiger partial charge in [0.1, 0.15) is 5.75 Å². The van der Waals surface area contributed by atoms with Crippen LogP contribution in [0.4, 0.5) is 0 Å². The predicted octanol–water partition coefficient (Wildman–Crippen LogP) is 0.254. The number of aromatic hydroxyl groups is 1. The quantitative estimate of drug-likeness (QED) is 0.666. The van der Waals surface area contributed by atoms with Crippen molar-refractivity contribution in [2.75, 3.05) is 6.54 Å². The second-order valence-corrected chi connectivity index (χ2v) is 3.97. The monoisotopic (exact) mass is 209 g/mol. The molecular formula is C10H15N3O2. The number of pyridine rings is 1. The molecule has 15 heavy (non-hydrogen) atoms. The number of carbonyl (C=O) groups is 1. The molecule has 0 aliphatic carbocycles. The van der Waals surface area contributed by atoms with Crippen LogP contribution in [-0.2, 0) is 0 Å². The maximum Gasteiger partial charge on any atom is 0.253 e. The molecule has 0 unspecified atom stereocenters. The fourth-order valence-electron chi connectivity index (χ4n) is 0.983. The van der Waals surface area contributed by atoms with Crippen molar-refractivity contribution in [2.45, 2.75) is 19.4 Å². The van der Waals surface area contributed by atoms with E-state index in [0.29, 0.717) is 12.1 Å². The van der Waals surface area contributed by atoms with Gasteiger partial charge in [-0.25, -0.2) is 0 Å². The summed E-state index contributed by atoms with van der Waals surface area (Å²) in [7, 11) is 0. The predicted molar refractivity (Wildman–Crippen MR) is 56.5 cm³/mol. The van der Waals surface area contributed by atoms with Crippen molar-refractivity contribution in [1.82, 2.24) is 10.3 Å². The van der Waals surface area contributed by atoms with E-state index < -0.39 is 5.54 Å². The number of hydrogen-bond donors (Lipinski definition) is 3. The summed E-state index contributed by atoms with van der Waals surface area (Å²) >= 11 is 0. The summed E-state index contributed by atoms with van der Waals surface area (Å²) in [5.41, 5.74) is 5.33. The van der Waals surface area contributed by atoms with E-state index >= 15 is 0 Å². The van der Waals surface area contributed by atoms with Crippen molar-refractivity contribution in [3.63, 3.8) is 0 Å². The first kappa shape index (κ1) is 11.5. The van der Waals surface area contributed by atoms with Crippen LogP contribution in [0.3, 0.4) is 0 Å². The Morgan fingerprint density at radius 2 is 2.27 bits per heavy atom. The molecule has 1 rings (SSSR count). The number of amides is 1. The Morgan fingerprint density at radius 1 is 1.60 bits per heavy atom. The summed E-state index contributed by atoms with van der Waals surface area (Å²) in [6, 6.07) is 1.36. The first-order valence-corrected chi connectivity index (χ1v) is 4.61. The highest BCUT2D eigenvalue weighted by molar-refractivity contribution is 5.94. The molecule has 0 saturated heterocycles. The second-order valence-electron chi connectivity index (χ2n) is 3.97. The maximum atomic E-state index is 11.7. The van der Waals surface area contributed by atoms with Crippen LogP contribution in [0.1, 0.15) is 24.2 Å². The van der Waals surface area contributed by atoms with E-state index in [2.05, 4.69) is 10.3 Å². The van der Waals surface area contributed by atoms with Gasteiger partial charge in [-0.2, -0.15) is 0 Å². The first-order chi connectivity index (χ1) is 6.94. The molecule has 1 amide bonds. The highest BCUT2D eigenvalue weighted by Crippen LogP contribution is 2.09. The lowest BCUT2D eigenvalue weighted by Gasteiger charge is -2.24. The summed E-state index contributed by atoms with van der Waals surface area (Å²) in [5.74, 6) is -0.331. The SMILES string of the molecule is CC(C)(CN)NC(=O)c1cncc(O)c1. The standard InChI is InChI=1S/C10H15N3O2/c1-10(2,6-11)13-9(15)7-3-8(14)5-12-4-7/h3-5,14H,6,11H2,1-2H3,(H,13,15). The molecule has 82 valence electrons. The first-order valence-electron chi connectivity index (χ1n) is 4.61. The van der Waals surface area contributed by atoms with E-state index in [1.807, 2.05) is 13.8 Å². The lowest BCUT2D eigenvalue weighted by molar-refractivity contribution is 0.0915. The molecule has 1 aromatic rings. The van der Waals surface area contributed by atoms with Gasteiger partial charge in [0.2, 0.25) is 0 Å². The molecule has 0 aromatic carbocycles. The van der Waals surface area contributed by atoms with Gasteiger partial charge in [0, 0.05) is 18.3 Å². The fourth-order valence-corrected chi connectivity index (χ4v) is 0.983. The summed E-state index contributed by atoms with van der Waals surface area (Å²) in [6.07, 6.45) is 2.66. The van der Waals surface area contributed by atoms with Crippen LogP contribution in [0.2, 0.25) is 0 Å². The van der Waals surface area contributed by atoms with Gasteiger partial charge >= 0.3 is 0 Å². The van der Waals surface area contributed by atoms with Crippen LogP contribution in [0, 0.1) is 0 Å². The third-order valence-electron chi connectivity index (χ3n) is 1.95. The van der Waals surface area contributed by atoms with Crippen LogP contribution in [0.15, 0.2) is 18.5 Å². The molecule has 0 radical (unpaired) electrons. The Hall–Kier alpha value is -1.62. The highest BCUT2D eigenvalue weighted by Gasteiger charge is 2.19. The van der Waals surface area contributed by atoms with Gasteiger partial charge in [0.25, 0.3) is 5.91 Å². The lowest BCUT2D eigenvalue weighted by atomic mass is 10.1. The Morgan fingerprint density at radius 3 is 2.80 bits per heavy atom. The Balaban J connectivity index is 2.78. The third-order valence-corrected chi connectivity index (χ3v) is 1.95. The lowest BCUT2D eigenvalue weighted by Crippen LogP contribution is -2.48. The van der Waals surface area contributed by atoms with Gasteiger partial charge < -0.3 is 16.2 Å². The minimum atomic E-state index is -0.470. The van der Waals surface area contributed by atoms with Crippen molar-refractivity contribution in [3.8, 4) is 5.75 Å². The zero-order chi connectivity index (χ0) is 11.5. The Labute approximate surface area is 88.3 Å². The van der Waals surface area contributed by atoms with Crippen molar-refractivity contribution < 1.29 is 9.90 Å². The van der Waals surface area contributed by atoms with Crippen LogP contribution in [-0.4, -0.2) is 28.1 Å². The van der Waals surface area contributed by atoms with Crippen LogP contribution in [0.5, 0.6) is 5.75 Å². The molecule has 4 N–H and O–H groups in total. The maximum absolute atomic E-state index is 11.7. The summed E-state index contributed by atoms with van der Waals surface area (Å²) in [5, 5.41) is 11.9. The topological polar surface area (TPSA) is 88.2 Å². The zero-order valence-electron chi connectivity index (χ0n) is 8.82. The van der Waals surface area contributed by atoms with Crippen LogP contribution in [0.25, 0.3) is 0 Å². The van der Waals surface area contributed by atoms with Gasteiger partial charge in [0.05, 0.1) is 11.8 Å². The average Bonchev–Trinajstić information content (AvgIpc) is 2.17. The summed E-state index contributed by atoms with van der Waals surface area (Å²) in [4.78, 5) is 15.4. The normalized spacial score (nSPS) is 11.1. The number of rotatable bonds is 3. The molecule has 0 aliphatic heterocycles. The summed E-state index contributed by atoms with van der Waals surface area (Å²) < 4.78 is 0. The van der Waals surface area contributed by atoms with E-state index in [-0.39, 0.29) is 11.7 Å². The number of nitrogens with one attached hydrogen (secondary N) is 1. The van der Waals surface area contributed by atoms with Crippen molar-refractivity contribution >= 4 is 5.91 Å². The largest absolute Gasteiger partial charge is 0.506 e.